The van der Waals surface area contributed by atoms with E-state index in [4.69, 9.17) is 4.74 Å². The summed E-state index contributed by atoms with van der Waals surface area (Å²) in [5, 5.41) is 3.77. The van der Waals surface area contributed by atoms with E-state index in [0.29, 0.717) is 5.76 Å². The Kier molecular flexibility index (Phi) is 6.13. The van der Waals surface area contributed by atoms with Crippen LogP contribution in [-0.2, 0) is 0 Å². The van der Waals surface area contributed by atoms with E-state index in [2.05, 4.69) is 68.3 Å². The summed E-state index contributed by atoms with van der Waals surface area (Å²) >= 11 is 0. The largest absolute Gasteiger partial charge is 0.457 e. The van der Waals surface area contributed by atoms with Gasteiger partial charge in [0.05, 0.1) is 18.1 Å². The Bertz CT molecular complexity index is 891. The molecule has 1 unspecified atom stereocenters. The van der Waals surface area contributed by atoms with Crippen LogP contribution < -0.4 is 10.1 Å². The quantitative estimate of drug-likeness (QED) is 0.666. The van der Waals surface area contributed by atoms with Crippen LogP contribution in [0.3, 0.4) is 0 Å². The van der Waals surface area contributed by atoms with Crippen molar-refractivity contribution < 1.29 is 4.74 Å². The van der Waals surface area contributed by atoms with Gasteiger partial charge in [0.25, 0.3) is 0 Å². The van der Waals surface area contributed by atoms with Gasteiger partial charge in [-0.15, -0.1) is 0 Å². The number of hydrogen-bond donors (Lipinski definition) is 2. The molecule has 1 aromatic heterocycles. The Hall–Kier alpha value is -2.59. The topological polar surface area (TPSA) is 49.9 Å². The van der Waals surface area contributed by atoms with Gasteiger partial charge in [-0.05, 0) is 53.5 Å². The first-order valence-electron chi connectivity index (χ1n) is 10.2. The van der Waals surface area contributed by atoms with Gasteiger partial charge >= 0.3 is 0 Å². The maximum atomic E-state index is 6.12. The SMILES string of the molecule is C=C/C1=C\C(=C)CC(C)(C)CC(C)(C)CNC(c2cnc[nH]2)c2cccc(c2)O1. The minimum absolute atomic E-state index is 0.0116. The summed E-state index contributed by atoms with van der Waals surface area (Å²) in [6.07, 6.45) is 9.32. The highest BCUT2D eigenvalue weighted by atomic mass is 16.5. The molecule has 2 bridgehead atoms. The fraction of sp³-hybridized carbons (Fsp3) is 0.400. The van der Waals surface area contributed by atoms with Gasteiger partial charge in [0.1, 0.15) is 11.5 Å². The summed E-state index contributed by atoms with van der Waals surface area (Å²) in [5.74, 6) is 1.49. The van der Waals surface area contributed by atoms with Gasteiger partial charge in [0.15, 0.2) is 0 Å². The first kappa shape index (κ1) is 21.1. The summed E-state index contributed by atoms with van der Waals surface area (Å²) in [7, 11) is 0. The van der Waals surface area contributed by atoms with Crippen LogP contribution >= 0.6 is 0 Å². The molecule has 4 nitrogen and oxygen atoms in total. The summed E-state index contributed by atoms with van der Waals surface area (Å²) < 4.78 is 6.12. The lowest BCUT2D eigenvalue weighted by Gasteiger charge is -2.36. The normalized spacial score (nSPS) is 23.9. The van der Waals surface area contributed by atoms with E-state index >= 15 is 0 Å². The maximum absolute atomic E-state index is 6.12. The predicted octanol–water partition coefficient (Wildman–Crippen LogP) is 5.94. The van der Waals surface area contributed by atoms with E-state index in [9.17, 15) is 0 Å². The molecule has 0 amide bonds. The minimum atomic E-state index is 0.0116. The average molecular weight is 392 g/mol. The van der Waals surface area contributed by atoms with E-state index in [0.717, 1.165) is 42.0 Å². The molecule has 0 saturated heterocycles. The summed E-state index contributed by atoms with van der Waals surface area (Å²) in [6.45, 7) is 18.3. The molecule has 1 aliphatic rings. The molecule has 3 rings (SSSR count). The van der Waals surface area contributed by atoms with Crippen LogP contribution in [0.1, 0.15) is 57.8 Å². The van der Waals surface area contributed by atoms with E-state index in [1.54, 1.807) is 12.4 Å². The molecule has 2 aromatic rings. The standard InChI is InChI=1S/C25H33N3O/c1-7-20-11-18(2)13-24(3,4)15-25(5,6)16-27-23(22-14-26-17-28-22)19-9-8-10-21(12-19)29-20/h7-12,14,17,23,27H,1-2,13,15-16H2,3-6H3,(H,26,28)/b20-11+. The lowest BCUT2D eigenvalue weighted by atomic mass is 9.72. The Morgan fingerprint density at radius 3 is 2.69 bits per heavy atom. The second-order valence-electron chi connectivity index (χ2n) is 9.59. The fourth-order valence-corrected chi connectivity index (χ4v) is 4.52. The van der Waals surface area contributed by atoms with Crippen molar-refractivity contribution in [1.82, 2.24) is 15.3 Å². The molecule has 0 fully saturated rings. The van der Waals surface area contributed by atoms with Gasteiger partial charge in [0.2, 0.25) is 0 Å². The molecule has 0 saturated carbocycles. The molecule has 0 radical (unpaired) electrons. The summed E-state index contributed by atoms with van der Waals surface area (Å²) in [6, 6.07) is 8.18. The minimum Gasteiger partial charge on any atom is -0.457 e. The highest BCUT2D eigenvalue weighted by molar-refractivity contribution is 5.37. The monoisotopic (exact) mass is 391 g/mol. The lowest BCUT2D eigenvalue weighted by Crippen LogP contribution is -2.36. The third-order valence-electron chi connectivity index (χ3n) is 5.25. The van der Waals surface area contributed by atoms with Crippen molar-refractivity contribution in [3.63, 3.8) is 0 Å². The smallest absolute Gasteiger partial charge is 0.127 e. The van der Waals surface area contributed by atoms with Crippen LogP contribution in [0, 0.1) is 10.8 Å². The van der Waals surface area contributed by atoms with Gasteiger partial charge in [-0.3, -0.25) is 0 Å². The number of allylic oxidation sites excluding steroid dienone is 3. The van der Waals surface area contributed by atoms with Crippen molar-refractivity contribution in [3.05, 3.63) is 84.7 Å². The molecular formula is C25H33N3O. The van der Waals surface area contributed by atoms with Crippen molar-refractivity contribution in [2.24, 2.45) is 10.8 Å². The van der Waals surface area contributed by atoms with Crippen LogP contribution in [0.25, 0.3) is 0 Å². The van der Waals surface area contributed by atoms with Gasteiger partial charge in [-0.2, -0.15) is 0 Å². The number of benzene rings is 1. The molecule has 0 spiro atoms. The number of H-pyrrole nitrogens is 1. The molecule has 1 aliphatic heterocycles. The molecule has 154 valence electrons. The Morgan fingerprint density at radius 1 is 1.21 bits per heavy atom. The van der Waals surface area contributed by atoms with E-state index in [1.165, 1.54) is 0 Å². The third-order valence-corrected chi connectivity index (χ3v) is 5.25. The average Bonchev–Trinajstić information content (AvgIpc) is 3.13. The van der Waals surface area contributed by atoms with Crippen molar-refractivity contribution >= 4 is 0 Å². The second kappa shape index (κ2) is 8.42. The molecule has 2 heterocycles. The third kappa shape index (κ3) is 5.70. The number of nitrogens with one attached hydrogen (secondary N) is 2. The Labute approximate surface area is 174 Å². The van der Waals surface area contributed by atoms with Crippen LogP contribution in [0.5, 0.6) is 5.75 Å². The molecule has 29 heavy (non-hydrogen) atoms. The van der Waals surface area contributed by atoms with Gasteiger partial charge in [-0.1, -0.05) is 58.6 Å². The van der Waals surface area contributed by atoms with Crippen LogP contribution in [0.15, 0.2) is 73.4 Å². The number of aromatic amines is 1. The number of fused-ring (bicyclic) bond motifs is 2. The number of rotatable bonds is 2. The van der Waals surface area contributed by atoms with Gasteiger partial charge < -0.3 is 15.0 Å². The Morgan fingerprint density at radius 2 is 2.00 bits per heavy atom. The molecule has 0 aliphatic carbocycles. The zero-order valence-corrected chi connectivity index (χ0v) is 18.1. The van der Waals surface area contributed by atoms with E-state index in [1.807, 2.05) is 24.4 Å². The number of aromatic nitrogens is 2. The predicted molar refractivity (Wildman–Crippen MR) is 120 cm³/mol. The van der Waals surface area contributed by atoms with Crippen LogP contribution in [-0.4, -0.2) is 16.5 Å². The number of ether oxygens (including phenoxy) is 1. The number of hydrogen-bond acceptors (Lipinski definition) is 3. The second-order valence-corrected chi connectivity index (χ2v) is 9.59. The first-order valence-corrected chi connectivity index (χ1v) is 10.2. The Balaban J connectivity index is 2.04. The maximum Gasteiger partial charge on any atom is 0.127 e. The first-order chi connectivity index (χ1) is 13.7. The van der Waals surface area contributed by atoms with Crippen molar-refractivity contribution in [2.75, 3.05) is 6.54 Å². The molecule has 4 heteroatoms. The zero-order chi connectivity index (χ0) is 21.1. The van der Waals surface area contributed by atoms with Crippen LogP contribution in [0.4, 0.5) is 0 Å². The lowest BCUT2D eigenvalue weighted by molar-refractivity contribution is 0.185. The van der Waals surface area contributed by atoms with E-state index < -0.39 is 0 Å². The van der Waals surface area contributed by atoms with E-state index in [-0.39, 0.29) is 16.9 Å². The number of imidazole rings is 1. The molecular weight excluding hydrogens is 358 g/mol. The summed E-state index contributed by atoms with van der Waals surface area (Å²) in [4.78, 5) is 7.49. The number of nitrogens with zero attached hydrogens (tertiary/aromatic N) is 1. The van der Waals surface area contributed by atoms with Crippen molar-refractivity contribution in [1.29, 1.82) is 0 Å². The zero-order valence-electron chi connectivity index (χ0n) is 18.1. The fourth-order valence-electron chi connectivity index (χ4n) is 4.52. The van der Waals surface area contributed by atoms with Crippen molar-refractivity contribution in [2.45, 2.75) is 46.6 Å². The molecule has 2 N–H and O–H groups in total. The summed E-state index contributed by atoms with van der Waals surface area (Å²) in [5.41, 5.74) is 3.45. The van der Waals surface area contributed by atoms with Gasteiger partial charge in [0, 0.05) is 12.7 Å². The van der Waals surface area contributed by atoms with Crippen molar-refractivity contribution in [3.8, 4) is 5.75 Å². The highest BCUT2D eigenvalue weighted by Gasteiger charge is 2.30. The van der Waals surface area contributed by atoms with Gasteiger partial charge in [-0.25, -0.2) is 4.98 Å². The molecule has 1 atom stereocenters. The van der Waals surface area contributed by atoms with Crippen LogP contribution in [0.2, 0.25) is 0 Å². The molecule has 1 aromatic carbocycles. The highest BCUT2D eigenvalue weighted by Crippen LogP contribution is 2.39.